The fourth-order valence-corrected chi connectivity index (χ4v) is 4.66. The van der Waals surface area contributed by atoms with Crippen LogP contribution in [0.25, 0.3) is 22.4 Å². The molecule has 176 valence electrons. The maximum atomic E-state index is 13.1. The number of methoxy groups -OCH3 is 1. The van der Waals surface area contributed by atoms with E-state index >= 15 is 0 Å². The van der Waals surface area contributed by atoms with Gasteiger partial charge < -0.3 is 15.0 Å². The molecule has 9 heteroatoms. The third-order valence-corrected chi connectivity index (χ3v) is 7.74. The zero-order chi connectivity index (χ0) is 24.3. The molecule has 0 bridgehead atoms. The summed E-state index contributed by atoms with van der Waals surface area (Å²) in [6.45, 7) is 3.62. The molecular weight excluding hydrogens is 452 g/mol. The van der Waals surface area contributed by atoms with Crippen molar-refractivity contribution >= 4 is 26.9 Å². The van der Waals surface area contributed by atoms with Gasteiger partial charge in [0.1, 0.15) is 5.52 Å². The summed E-state index contributed by atoms with van der Waals surface area (Å²) in [5.41, 5.74) is 3.44. The molecule has 8 nitrogen and oxygen atoms in total. The van der Waals surface area contributed by atoms with Gasteiger partial charge in [-0.05, 0) is 31.5 Å². The number of fused-ring (bicyclic) bond motifs is 1. The topological polar surface area (TPSA) is 114 Å². The highest BCUT2D eigenvalue weighted by atomic mass is 32.2. The zero-order valence-corrected chi connectivity index (χ0v) is 20.0. The highest BCUT2D eigenvalue weighted by Crippen LogP contribution is 2.24. The molecule has 0 saturated carbocycles. The summed E-state index contributed by atoms with van der Waals surface area (Å²) in [5.74, 6) is -0.304. The largest absolute Gasteiger partial charge is 0.382 e. The summed E-state index contributed by atoms with van der Waals surface area (Å²) < 4.78 is 30.1. The van der Waals surface area contributed by atoms with Crippen molar-refractivity contribution in [3.05, 3.63) is 78.1 Å². The van der Waals surface area contributed by atoms with Crippen LogP contribution in [0.1, 0.15) is 35.8 Å². The molecule has 4 aromatic rings. The molecule has 0 spiro atoms. The molecule has 0 saturated heterocycles. The van der Waals surface area contributed by atoms with Crippen LogP contribution in [0.3, 0.4) is 0 Å². The first-order valence-corrected chi connectivity index (χ1v) is 12.4. The first kappa shape index (κ1) is 23.6. The lowest BCUT2D eigenvalue weighted by atomic mass is 10.1. The van der Waals surface area contributed by atoms with Crippen LogP contribution in [0.15, 0.2) is 71.9 Å². The van der Waals surface area contributed by atoms with E-state index in [2.05, 4.69) is 20.3 Å². The van der Waals surface area contributed by atoms with Crippen LogP contribution in [-0.4, -0.2) is 48.2 Å². The Morgan fingerprint density at radius 2 is 1.79 bits per heavy atom. The molecule has 2 aromatic carbocycles. The maximum Gasteiger partial charge on any atom is 0.255 e. The average molecular weight is 479 g/mol. The van der Waals surface area contributed by atoms with E-state index in [1.165, 1.54) is 0 Å². The number of nitrogens with one attached hydrogen (secondary N) is 2. The number of aromatic amines is 1. The van der Waals surface area contributed by atoms with Crippen molar-refractivity contribution < 1.29 is 17.9 Å². The third-order valence-electron chi connectivity index (χ3n) is 5.57. The molecule has 34 heavy (non-hydrogen) atoms. The number of rotatable bonds is 8. The zero-order valence-electron chi connectivity index (χ0n) is 19.1. The minimum Gasteiger partial charge on any atom is -0.382 e. The summed E-state index contributed by atoms with van der Waals surface area (Å²) in [6, 6.07) is 15.8. The summed E-state index contributed by atoms with van der Waals surface area (Å²) in [7, 11) is -1.78. The van der Waals surface area contributed by atoms with Crippen LogP contribution in [-0.2, 0) is 14.6 Å². The summed E-state index contributed by atoms with van der Waals surface area (Å²) >= 11 is 0. The lowest BCUT2D eigenvalue weighted by Crippen LogP contribution is -2.31. The van der Waals surface area contributed by atoms with E-state index in [4.69, 9.17) is 4.74 Å². The lowest BCUT2D eigenvalue weighted by Gasteiger charge is -2.18. The number of carbonyl (C=O) groups is 1. The standard InChI is InChI=1S/C25H26N4O4S/c1-16(2)34(31,32)19-11-9-18(10-12-19)21-14-27-24-23(28-21)20(13-26-24)25(30)29-22(15-33-3)17-7-5-4-6-8-17/h4-14,16,22H,15H2,1-3H3,(H,26,27)(H,29,30)/t22-/m0/s1. The van der Waals surface area contributed by atoms with Gasteiger partial charge in [-0.3, -0.25) is 4.79 Å². The molecule has 1 atom stereocenters. The number of sulfone groups is 1. The van der Waals surface area contributed by atoms with E-state index in [1.54, 1.807) is 57.6 Å². The predicted octanol–water partition coefficient (Wildman–Crippen LogP) is 3.92. The van der Waals surface area contributed by atoms with Crippen LogP contribution < -0.4 is 5.32 Å². The summed E-state index contributed by atoms with van der Waals surface area (Å²) in [5, 5.41) is 2.50. The second-order valence-electron chi connectivity index (χ2n) is 8.17. The van der Waals surface area contributed by atoms with Gasteiger partial charge in [-0.1, -0.05) is 42.5 Å². The number of benzene rings is 2. The number of amides is 1. The van der Waals surface area contributed by atoms with Crippen molar-refractivity contribution in [1.82, 2.24) is 20.3 Å². The van der Waals surface area contributed by atoms with Gasteiger partial charge in [-0.25, -0.2) is 18.4 Å². The molecule has 2 N–H and O–H groups in total. The van der Waals surface area contributed by atoms with E-state index in [0.717, 1.165) is 5.56 Å². The molecule has 1 amide bonds. The van der Waals surface area contributed by atoms with Crippen LogP contribution in [0.2, 0.25) is 0 Å². The van der Waals surface area contributed by atoms with Crippen molar-refractivity contribution in [3.63, 3.8) is 0 Å². The van der Waals surface area contributed by atoms with Crippen LogP contribution in [0.4, 0.5) is 0 Å². The van der Waals surface area contributed by atoms with Crippen molar-refractivity contribution in [2.24, 2.45) is 0 Å². The number of ether oxygens (including phenoxy) is 1. The van der Waals surface area contributed by atoms with Crippen LogP contribution in [0, 0.1) is 0 Å². The van der Waals surface area contributed by atoms with Gasteiger partial charge in [0.25, 0.3) is 5.91 Å². The van der Waals surface area contributed by atoms with E-state index in [0.29, 0.717) is 34.6 Å². The highest BCUT2D eigenvalue weighted by Gasteiger charge is 2.21. The van der Waals surface area contributed by atoms with Gasteiger partial charge in [0, 0.05) is 18.9 Å². The van der Waals surface area contributed by atoms with E-state index < -0.39 is 15.1 Å². The minimum absolute atomic E-state index is 0.257. The van der Waals surface area contributed by atoms with Crippen molar-refractivity contribution in [3.8, 4) is 11.3 Å². The van der Waals surface area contributed by atoms with E-state index in [9.17, 15) is 13.2 Å². The van der Waals surface area contributed by atoms with Crippen LogP contribution in [0.5, 0.6) is 0 Å². The third kappa shape index (κ3) is 4.71. The molecule has 0 fully saturated rings. The number of aromatic nitrogens is 3. The van der Waals surface area contributed by atoms with Crippen molar-refractivity contribution in [2.75, 3.05) is 13.7 Å². The molecule has 2 aromatic heterocycles. The molecule has 0 aliphatic rings. The van der Waals surface area contributed by atoms with Gasteiger partial charge in [0.05, 0.1) is 40.2 Å². The Hall–Kier alpha value is -3.56. The summed E-state index contributed by atoms with van der Waals surface area (Å²) in [4.78, 5) is 25.4. The number of nitrogens with zero attached hydrogens (tertiary/aromatic N) is 2. The fourth-order valence-electron chi connectivity index (χ4n) is 3.60. The normalized spacial score (nSPS) is 12.7. The minimum atomic E-state index is -3.36. The number of hydrogen-bond donors (Lipinski definition) is 2. The molecule has 4 rings (SSSR count). The molecule has 0 unspecified atom stereocenters. The average Bonchev–Trinajstić information content (AvgIpc) is 3.28. The Kier molecular flexibility index (Phi) is 6.76. The first-order valence-electron chi connectivity index (χ1n) is 10.8. The Bertz CT molecular complexity index is 1400. The van der Waals surface area contributed by atoms with Gasteiger partial charge in [-0.15, -0.1) is 0 Å². The Balaban J connectivity index is 1.63. The molecule has 2 heterocycles. The smallest absolute Gasteiger partial charge is 0.255 e. The monoisotopic (exact) mass is 478 g/mol. The molecular formula is C25H26N4O4S. The number of hydrogen-bond acceptors (Lipinski definition) is 6. The Morgan fingerprint density at radius 1 is 1.09 bits per heavy atom. The number of H-pyrrole nitrogens is 1. The molecule has 0 radical (unpaired) electrons. The van der Waals surface area contributed by atoms with Gasteiger partial charge >= 0.3 is 0 Å². The predicted molar refractivity (Wildman–Crippen MR) is 130 cm³/mol. The van der Waals surface area contributed by atoms with Gasteiger partial charge in [-0.2, -0.15) is 0 Å². The molecule has 0 aliphatic heterocycles. The Morgan fingerprint density at radius 3 is 2.44 bits per heavy atom. The number of carbonyl (C=O) groups excluding carboxylic acids is 1. The van der Waals surface area contributed by atoms with E-state index in [1.807, 2.05) is 30.3 Å². The van der Waals surface area contributed by atoms with Crippen LogP contribution >= 0.6 is 0 Å². The molecule has 0 aliphatic carbocycles. The van der Waals surface area contributed by atoms with Crippen molar-refractivity contribution in [2.45, 2.75) is 30.0 Å². The SMILES string of the molecule is COC[C@H](NC(=O)c1c[nH]c2ncc(-c3ccc(S(=O)(=O)C(C)C)cc3)nc12)c1ccccc1. The van der Waals surface area contributed by atoms with Gasteiger partial charge in [0.15, 0.2) is 15.5 Å². The summed E-state index contributed by atoms with van der Waals surface area (Å²) in [6.07, 6.45) is 3.17. The quantitative estimate of drug-likeness (QED) is 0.397. The maximum absolute atomic E-state index is 13.1. The van der Waals surface area contributed by atoms with Crippen molar-refractivity contribution in [1.29, 1.82) is 0 Å². The first-order chi connectivity index (χ1) is 16.3. The van der Waals surface area contributed by atoms with E-state index in [-0.39, 0.29) is 16.8 Å². The Labute approximate surface area is 198 Å². The highest BCUT2D eigenvalue weighted by molar-refractivity contribution is 7.92. The van der Waals surface area contributed by atoms with Gasteiger partial charge in [0.2, 0.25) is 0 Å². The lowest BCUT2D eigenvalue weighted by molar-refractivity contribution is 0.0898. The second kappa shape index (κ2) is 9.74. The second-order valence-corrected chi connectivity index (χ2v) is 10.7. The fraction of sp³-hybridized carbons (Fsp3) is 0.240.